The summed E-state index contributed by atoms with van der Waals surface area (Å²) in [5.74, 6) is 2.91. The van der Waals surface area contributed by atoms with Gasteiger partial charge < -0.3 is 14.2 Å². The molecule has 0 aliphatic heterocycles. The molecule has 12 heteroatoms. The highest BCUT2D eigenvalue weighted by Gasteiger charge is 2.34. The lowest BCUT2D eigenvalue weighted by atomic mass is 9.76. The van der Waals surface area contributed by atoms with E-state index in [1.165, 1.54) is 0 Å². The molecule has 0 N–H and O–H groups in total. The standard InChI is InChI=1S/C51H82N6O6/c1-4-6-17-47(62-36-53)18-9-7-8-12-39-20-26-44(27-21-39)56-49(58)55(43-15-10-13-40(14-11-16-43)33-38(3)19-30-46(5-2)61-35-52)50(59)57(51(56)60)45-28-22-41(23-29-45)34-42-24-31-48(32-25-42)63-37-54/h38-48H,4-34H2,1-3H3. The summed E-state index contributed by atoms with van der Waals surface area (Å²) in [4.78, 5) is 44.1. The van der Waals surface area contributed by atoms with Crippen LogP contribution in [0.25, 0.3) is 0 Å². The number of unbranched alkanes of at least 4 members (excludes halogenated alkanes) is 3. The lowest BCUT2D eigenvalue weighted by Gasteiger charge is -2.35. The van der Waals surface area contributed by atoms with Gasteiger partial charge in [0.15, 0.2) is 0 Å². The van der Waals surface area contributed by atoms with Crippen molar-refractivity contribution < 1.29 is 14.2 Å². The summed E-state index contributed by atoms with van der Waals surface area (Å²) >= 11 is 0. The van der Waals surface area contributed by atoms with E-state index < -0.39 is 0 Å². The largest absolute Gasteiger partial charge is 0.424 e. The van der Waals surface area contributed by atoms with Crippen molar-refractivity contribution in [1.82, 2.24) is 13.7 Å². The summed E-state index contributed by atoms with van der Waals surface area (Å²) in [6.07, 6.45) is 36.0. The van der Waals surface area contributed by atoms with Crippen LogP contribution in [0.3, 0.4) is 0 Å². The second-order valence-electron chi connectivity index (χ2n) is 20.5. The van der Waals surface area contributed by atoms with E-state index >= 15 is 0 Å². The lowest BCUT2D eigenvalue weighted by Crippen LogP contribution is -2.58. The average molecular weight is 875 g/mol. The third-order valence-corrected chi connectivity index (χ3v) is 16.1. The van der Waals surface area contributed by atoms with Crippen LogP contribution in [0.15, 0.2) is 14.4 Å². The number of hydrogen-bond acceptors (Lipinski definition) is 9. The first-order valence-electron chi connectivity index (χ1n) is 25.8. The minimum absolute atomic E-state index is 0.00461. The first-order valence-corrected chi connectivity index (χ1v) is 25.8. The van der Waals surface area contributed by atoms with Gasteiger partial charge in [0.1, 0.15) is 18.3 Å². The van der Waals surface area contributed by atoms with E-state index in [-0.39, 0.29) is 53.5 Å². The van der Waals surface area contributed by atoms with Gasteiger partial charge in [0.2, 0.25) is 0 Å². The molecule has 4 aliphatic carbocycles. The Bertz CT molecular complexity index is 1790. The molecule has 1 aromatic heterocycles. The van der Waals surface area contributed by atoms with Gasteiger partial charge in [-0.05, 0) is 171 Å². The zero-order valence-corrected chi connectivity index (χ0v) is 39.4. The molecule has 12 nitrogen and oxygen atoms in total. The van der Waals surface area contributed by atoms with Gasteiger partial charge in [0.05, 0.1) is 0 Å². The zero-order chi connectivity index (χ0) is 45.0. The van der Waals surface area contributed by atoms with Crippen LogP contribution in [0.5, 0.6) is 0 Å². The van der Waals surface area contributed by atoms with E-state index in [1.54, 1.807) is 13.7 Å². The molecule has 0 spiro atoms. The van der Waals surface area contributed by atoms with Gasteiger partial charge >= 0.3 is 17.1 Å². The molecule has 3 atom stereocenters. The van der Waals surface area contributed by atoms with Crippen molar-refractivity contribution in [3.05, 3.63) is 31.5 Å². The molecule has 0 bridgehead atoms. The number of rotatable bonds is 23. The van der Waals surface area contributed by atoms with Crippen LogP contribution in [0, 0.1) is 64.1 Å². The smallest absolute Gasteiger partial charge is 0.336 e. The van der Waals surface area contributed by atoms with Crippen LogP contribution in [-0.4, -0.2) is 32.0 Å². The highest BCUT2D eigenvalue weighted by Crippen LogP contribution is 2.40. The molecule has 3 unspecified atom stereocenters. The molecule has 352 valence electrons. The van der Waals surface area contributed by atoms with Crippen LogP contribution in [0.1, 0.15) is 238 Å². The highest BCUT2D eigenvalue weighted by atomic mass is 16.5. The minimum Gasteiger partial charge on any atom is -0.424 e. The molecular formula is C51H82N6O6. The van der Waals surface area contributed by atoms with Crippen molar-refractivity contribution in [3.8, 4) is 18.8 Å². The fourth-order valence-corrected chi connectivity index (χ4v) is 12.3. The maximum absolute atomic E-state index is 14.7. The van der Waals surface area contributed by atoms with E-state index in [2.05, 4.69) is 20.8 Å². The van der Waals surface area contributed by atoms with Crippen LogP contribution in [-0.2, 0) is 14.2 Å². The Morgan fingerprint density at radius 2 is 1.05 bits per heavy atom. The Kier molecular flexibility index (Phi) is 21.5. The van der Waals surface area contributed by atoms with Gasteiger partial charge in [-0.1, -0.05) is 78.6 Å². The Morgan fingerprint density at radius 3 is 1.57 bits per heavy atom. The van der Waals surface area contributed by atoms with Crippen LogP contribution in [0.4, 0.5) is 0 Å². The van der Waals surface area contributed by atoms with E-state index in [0.717, 1.165) is 199 Å². The summed E-state index contributed by atoms with van der Waals surface area (Å²) in [7, 11) is 0. The molecule has 63 heavy (non-hydrogen) atoms. The van der Waals surface area contributed by atoms with Crippen molar-refractivity contribution in [2.45, 2.75) is 256 Å². The normalized spacial score (nSPS) is 28.2. The predicted molar refractivity (Wildman–Crippen MR) is 245 cm³/mol. The molecule has 4 saturated carbocycles. The maximum Gasteiger partial charge on any atom is 0.336 e. The van der Waals surface area contributed by atoms with Crippen molar-refractivity contribution in [2.24, 2.45) is 29.6 Å². The quantitative estimate of drug-likeness (QED) is 0.0768. The number of hydrogen-bond donors (Lipinski definition) is 0. The van der Waals surface area contributed by atoms with Gasteiger partial charge in [0, 0.05) is 18.1 Å². The molecule has 0 radical (unpaired) electrons. The number of ether oxygens (including phenoxy) is 3. The van der Waals surface area contributed by atoms with Crippen molar-refractivity contribution >= 4 is 0 Å². The molecule has 0 saturated heterocycles. The molecular weight excluding hydrogens is 793 g/mol. The monoisotopic (exact) mass is 875 g/mol. The number of nitrogens with zero attached hydrogens (tertiary/aromatic N) is 6. The average Bonchev–Trinajstić information content (AvgIpc) is 3.27. The Morgan fingerprint density at radius 1 is 0.540 bits per heavy atom. The number of aromatic nitrogens is 3. The molecule has 5 rings (SSSR count). The highest BCUT2D eigenvalue weighted by molar-refractivity contribution is 4.93. The van der Waals surface area contributed by atoms with Crippen LogP contribution in [0.2, 0.25) is 0 Å². The third-order valence-electron chi connectivity index (χ3n) is 16.1. The van der Waals surface area contributed by atoms with Gasteiger partial charge in [-0.2, -0.15) is 15.8 Å². The van der Waals surface area contributed by atoms with E-state index in [0.29, 0.717) is 29.6 Å². The molecule has 1 heterocycles. The van der Waals surface area contributed by atoms with Gasteiger partial charge in [0.25, 0.3) is 18.8 Å². The fourth-order valence-electron chi connectivity index (χ4n) is 12.3. The predicted octanol–water partition coefficient (Wildman–Crippen LogP) is 11.7. The minimum atomic E-state index is -0.383. The van der Waals surface area contributed by atoms with Crippen molar-refractivity contribution in [1.29, 1.82) is 15.8 Å². The molecule has 4 aliphatic rings. The van der Waals surface area contributed by atoms with Crippen LogP contribution >= 0.6 is 0 Å². The Balaban J connectivity index is 1.25. The van der Waals surface area contributed by atoms with Gasteiger partial charge in [-0.25, -0.2) is 28.1 Å². The second-order valence-corrected chi connectivity index (χ2v) is 20.5. The van der Waals surface area contributed by atoms with E-state index in [9.17, 15) is 14.4 Å². The summed E-state index contributed by atoms with van der Waals surface area (Å²) in [6, 6.07) is -0.590. The van der Waals surface area contributed by atoms with Crippen molar-refractivity contribution in [2.75, 3.05) is 0 Å². The molecule has 4 fully saturated rings. The number of nitriles is 3. The second kappa shape index (κ2) is 26.9. The third kappa shape index (κ3) is 15.2. The van der Waals surface area contributed by atoms with Gasteiger partial charge in [-0.3, -0.25) is 0 Å². The van der Waals surface area contributed by atoms with Crippen molar-refractivity contribution in [3.63, 3.8) is 0 Å². The SMILES string of the molecule is CCCCC(CCCCCC1CCC(n2c(=O)n(C3CCCC(CC(C)CCC(CC)OC#N)CCC3)c(=O)n(C3CCC(CC4CCC(OC#N)CC4)CC3)c2=O)CC1)OC#N. The molecule has 0 aromatic carbocycles. The lowest BCUT2D eigenvalue weighted by molar-refractivity contribution is 0.0902. The summed E-state index contributed by atoms with van der Waals surface area (Å²) in [5, 5.41) is 27.0. The summed E-state index contributed by atoms with van der Waals surface area (Å²) < 4.78 is 20.4. The fraction of sp³-hybridized carbons (Fsp3) is 0.882. The first-order chi connectivity index (χ1) is 30.7. The topological polar surface area (TPSA) is 165 Å². The first kappa shape index (κ1) is 50.3. The summed E-state index contributed by atoms with van der Waals surface area (Å²) in [6.45, 7) is 6.54. The molecule has 1 aromatic rings. The Labute approximate surface area is 378 Å². The van der Waals surface area contributed by atoms with E-state index in [1.807, 2.05) is 18.8 Å². The maximum atomic E-state index is 14.7. The molecule has 0 amide bonds. The van der Waals surface area contributed by atoms with Gasteiger partial charge in [-0.15, -0.1) is 0 Å². The van der Waals surface area contributed by atoms with Crippen LogP contribution < -0.4 is 17.1 Å². The summed E-state index contributed by atoms with van der Waals surface area (Å²) in [5.41, 5.74) is -1.15. The Hall–Kier alpha value is -3.72. The van der Waals surface area contributed by atoms with E-state index in [4.69, 9.17) is 30.0 Å². The zero-order valence-electron chi connectivity index (χ0n) is 39.4.